The lowest BCUT2D eigenvalue weighted by Crippen LogP contribution is -2.51. The number of halogens is 3. The van der Waals surface area contributed by atoms with E-state index in [1.54, 1.807) is 0 Å². The predicted molar refractivity (Wildman–Crippen MR) is 40.2 cm³/mol. The summed E-state index contributed by atoms with van der Waals surface area (Å²) in [6, 6.07) is -3.70. The van der Waals surface area contributed by atoms with E-state index in [-0.39, 0.29) is 6.61 Å². The van der Waals surface area contributed by atoms with Gasteiger partial charge >= 0.3 is 12.1 Å². The quantitative estimate of drug-likeness (QED) is 0.681. The zero-order chi connectivity index (χ0) is 11.4. The van der Waals surface area contributed by atoms with Crippen LogP contribution < -0.4 is 0 Å². The molecule has 0 spiro atoms. The summed E-state index contributed by atoms with van der Waals surface area (Å²) >= 11 is 0. The van der Waals surface area contributed by atoms with Crippen molar-refractivity contribution in [3.05, 3.63) is 0 Å². The Bertz CT molecular complexity index is 176. The lowest BCUT2D eigenvalue weighted by molar-refractivity contribution is -0.479. The molecule has 4 nitrogen and oxygen atoms in total. The second-order valence-electron chi connectivity index (χ2n) is 2.41. The van der Waals surface area contributed by atoms with Gasteiger partial charge in [0, 0.05) is 7.11 Å². The number of hydrogen-bond donors (Lipinski definition) is 1. The Morgan fingerprint density at radius 3 is 2.14 bits per heavy atom. The molecule has 2 unspecified atom stereocenters. The molecular formula is C7H13F3O4. The highest BCUT2D eigenvalue weighted by Gasteiger charge is 2.60. The van der Waals surface area contributed by atoms with E-state index in [9.17, 15) is 13.2 Å². The maximum atomic E-state index is 13.2. The standard InChI is InChI=1S/C7H13F3O4/c1-4-13-7(10,12-3)6(8,9)14-5(2)11/h5,11H,4H2,1-3H3. The summed E-state index contributed by atoms with van der Waals surface area (Å²) in [5.41, 5.74) is 0. The van der Waals surface area contributed by atoms with Crippen molar-refractivity contribution in [3.63, 3.8) is 0 Å². The van der Waals surface area contributed by atoms with Crippen LogP contribution in [-0.2, 0) is 14.2 Å². The van der Waals surface area contributed by atoms with Gasteiger partial charge in [0.25, 0.3) is 0 Å². The summed E-state index contributed by atoms with van der Waals surface area (Å²) in [4.78, 5) is 0. The fraction of sp³-hybridized carbons (Fsp3) is 1.00. The molecule has 0 aromatic rings. The fourth-order valence-electron chi connectivity index (χ4n) is 0.732. The third kappa shape index (κ3) is 3.09. The minimum atomic E-state index is -4.38. The molecule has 0 radical (unpaired) electrons. The molecule has 0 aromatic heterocycles. The summed E-state index contributed by atoms with van der Waals surface area (Å²) in [6.45, 7) is 1.89. The SMILES string of the molecule is CCOC(F)(OC)C(F)(F)OC(C)O. The molecule has 0 fully saturated rings. The third-order valence-corrected chi connectivity index (χ3v) is 1.26. The van der Waals surface area contributed by atoms with Crippen LogP contribution in [0.25, 0.3) is 0 Å². The van der Waals surface area contributed by atoms with Crippen LogP contribution in [0.3, 0.4) is 0 Å². The highest BCUT2D eigenvalue weighted by atomic mass is 19.3. The molecule has 0 aliphatic carbocycles. The number of methoxy groups -OCH3 is 1. The first-order valence-corrected chi connectivity index (χ1v) is 3.90. The monoisotopic (exact) mass is 218 g/mol. The first-order valence-electron chi connectivity index (χ1n) is 3.90. The van der Waals surface area contributed by atoms with Gasteiger partial charge in [0.15, 0.2) is 6.29 Å². The molecule has 86 valence electrons. The number of rotatable bonds is 6. The van der Waals surface area contributed by atoms with E-state index in [4.69, 9.17) is 5.11 Å². The summed E-state index contributed by atoms with van der Waals surface area (Å²) in [6.07, 6.45) is -6.22. The zero-order valence-electron chi connectivity index (χ0n) is 8.09. The van der Waals surface area contributed by atoms with Crippen molar-refractivity contribution in [1.82, 2.24) is 0 Å². The highest BCUT2D eigenvalue weighted by Crippen LogP contribution is 2.36. The molecule has 0 saturated carbocycles. The molecule has 7 heteroatoms. The van der Waals surface area contributed by atoms with Crippen molar-refractivity contribution < 1.29 is 32.5 Å². The van der Waals surface area contributed by atoms with Gasteiger partial charge in [0.1, 0.15) is 0 Å². The molecular weight excluding hydrogens is 205 g/mol. The first kappa shape index (κ1) is 13.6. The summed E-state index contributed by atoms with van der Waals surface area (Å²) < 4.78 is 50.6. The smallest absolute Gasteiger partial charge is 0.368 e. The van der Waals surface area contributed by atoms with Crippen LogP contribution in [0.1, 0.15) is 13.8 Å². The van der Waals surface area contributed by atoms with E-state index < -0.39 is 18.4 Å². The Morgan fingerprint density at radius 2 is 1.86 bits per heavy atom. The molecule has 0 aliphatic heterocycles. The number of ether oxygens (including phenoxy) is 3. The molecule has 0 bridgehead atoms. The highest BCUT2D eigenvalue weighted by molar-refractivity contribution is 4.67. The molecule has 0 heterocycles. The number of hydrogen-bond acceptors (Lipinski definition) is 4. The molecule has 2 atom stereocenters. The van der Waals surface area contributed by atoms with Crippen molar-refractivity contribution >= 4 is 0 Å². The largest absolute Gasteiger partial charge is 0.445 e. The van der Waals surface area contributed by atoms with Gasteiger partial charge in [-0.3, -0.25) is 4.74 Å². The lowest BCUT2D eigenvalue weighted by Gasteiger charge is -2.30. The maximum absolute atomic E-state index is 13.2. The first-order chi connectivity index (χ1) is 6.29. The number of aliphatic hydroxyl groups excluding tert-OH is 1. The van der Waals surface area contributed by atoms with Crippen LogP contribution >= 0.6 is 0 Å². The average Bonchev–Trinajstić information content (AvgIpc) is 2.02. The second-order valence-corrected chi connectivity index (χ2v) is 2.41. The minimum absolute atomic E-state index is 0.330. The van der Waals surface area contributed by atoms with E-state index in [1.807, 2.05) is 0 Å². The summed E-state index contributed by atoms with van der Waals surface area (Å²) in [5.74, 6) is 0. The average molecular weight is 218 g/mol. The zero-order valence-corrected chi connectivity index (χ0v) is 8.09. The van der Waals surface area contributed by atoms with Crippen molar-refractivity contribution in [1.29, 1.82) is 0 Å². The van der Waals surface area contributed by atoms with Crippen molar-refractivity contribution in [2.24, 2.45) is 0 Å². The Labute approximate surface area is 79.6 Å². The normalized spacial score (nSPS) is 19.1. The van der Waals surface area contributed by atoms with E-state index in [0.29, 0.717) is 7.11 Å². The van der Waals surface area contributed by atoms with Crippen LogP contribution in [0.5, 0.6) is 0 Å². The third-order valence-electron chi connectivity index (χ3n) is 1.26. The lowest BCUT2D eigenvalue weighted by atomic mass is 10.5. The van der Waals surface area contributed by atoms with Gasteiger partial charge in [-0.15, -0.1) is 0 Å². The number of aliphatic hydroxyl groups is 1. The van der Waals surface area contributed by atoms with Gasteiger partial charge in [0.05, 0.1) is 6.61 Å². The summed E-state index contributed by atoms with van der Waals surface area (Å²) in [5, 5.41) is 8.54. The Hall–Kier alpha value is -0.370. The van der Waals surface area contributed by atoms with Gasteiger partial charge in [-0.2, -0.15) is 13.2 Å². The Kier molecular flexibility index (Phi) is 4.79. The molecule has 0 aliphatic rings. The molecule has 14 heavy (non-hydrogen) atoms. The van der Waals surface area contributed by atoms with E-state index in [1.165, 1.54) is 6.92 Å². The minimum Gasteiger partial charge on any atom is -0.368 e. The van der Waals surface area contributed by atoms with Crippen LogP contribution in [0, 0.1) is 0 Å². The molecule has 1 N–H and O–H groups in total. The van der Waals surface area contributed by atoms with Crippen LogP contribution in [-0.4, -0.2) is 37.3 Å². The van der Waals surface area contributed by atoms with Gasteiger partial charge in [-0.1, -0.05) is 0 Å². The van der Waals surface area contributed by atoms with Crippen LogP contribution in [0.15, 0.2) is 0 Å². The topological polar surface area (TPSA) is 47.9 Å². The Morgan fingerprint density at radius 1 is 1.36 bits per heavy atom. The van der Waals surface area contributed by atoms with E-state index in [2.05, 4.69) is 14.2 Å². The van der Waals surface area contributed by atoms with E-state index >= 15 is 0 Å². The maximum Gasteiger partial charge on any atom is 0.445 e. The van der Waals surface area contributed by atoms with Crippen LogP contribution in [0.4, 0.5) is 13.2 Å². The summed E-state index contributed by atoms with van der Waals surface area (Å²) in [7, 11) is 0.703. The van der Waals surface area contributed by atoms with Gasteiger partial charge in [-0.25, -0.2) is 0 Å². The molecule has 0 rings (SSSR count). The predicted octanol–water partition coefficient (Wildman–Crippen LogP) is 1.24. The fourth-order valence-corrected chi connectivity index (χ4v) is 0.732. The van der Waals surface area contributed by atoms with E-state index in [0.717, 1.165) is 6.92 Å². The second kappa shape index (κ2) is 4.92. The Balaban J connectivity index is 4.62. The van der Waals surface area contributed by atoms with Crippen molar-refractivity contribution in [2.45, 2.75) is 32.3 Å². The van der Waals surface area contributed by atoms with Gasteiger partial charge < -0.3 is 14.6 Å². The van der Waals surface area contributed by atoms with Gasteiger partial charge in [-0.05, 0) is 13.8 Å². The van der Waals surface area contributed by atoms with Crippen molar-refractivity contribution in [2.75, 3.05) is 13.7 Å². The number of alkyl halides is 3. The van der Waals surface area contributed by atoms with Gasteiger partial charge in [0.2, 0.25) is 0 Å². The van der Waals surface area contributed by atoms with Crippen molar-refractivity contribution in [3.8, 4) is 0 Å². The van der Waals surface area contributed by atoms with Crippen LogP contribution in [0.2, 0.25) is 0 Å². The molecule has 0 aromatic carbocycles. The molecule has 0 saturated heterocycles. The molecule has 0 amide bonds.